The quantitative estimate of drug-likeness (QED) is 0.812. The molecular weight excluding hydrogens is 254 g/mol. The first kappa shape index (κ1) is 14.7. The number of carbonyl (C=O) groups excluding carboxylic acids is 1. The van der Waals surface area contributed by atoms with Crippen LogP contribution in [0.15, 0.2) is 18.2 Å². The molecule has 0 aliphatic carbocycles. The second-order valence-electron chi connectivity index (χ2n) is 5.67. The lowest BCUT2D eigenvalue weighted by molar-refractivity contribution is -0.129. The molecule has 3 N–H and O–H groups in total. The van der Waals surface area contributed by atoms with E-state index in [0.717, 1.165) is 37.4 Å². The number of amides is 1. The molecule has 1 unspecified atom stereocenters. The van der Waals surface area contributed by atoms with Gasteiger partial charge in [0.05, 0.1) is 12.5 Å². The normalized spacial score (nSPS) is 22.8. The van der Waals surface area contributed by atoms with E-state index in [9.17, 15) is 4.79 Å². The minimum atomic E-state index is -0.296. The van der Waals surface area contributed by atoms with Crippen LogP contribution in [0, 0.1) is 5.41 Å². The molecule has 0 aromatic heterocycles. The number of nitrogen functional groups attached to an aromatic ring is 1. The smallest absolute Gasteiger partial charge is 0.227 e. The van der Waals surface area contributed by atoms with Gasteiger partial charge in [-0.1, -0.05) is 6.07 Å². The number of hydrogen-bond acceptors (Lipinski definition) is 4. The van der Waals surface area contributed by atoms with Gasteiger partial charge in [0.2, 0.25) is 5.91 Å². The van der Waals surface area contributed by atoms with Crippen molar-refractivity contribution in [3.8, 4) is 5.75 Å². The van der Waals surface area contributed by atoms with Crippen molar-refractivity contribution in [2.45, 2.75) is 19.9 Å². The summed E-state index contributed by atoms with van der Waals surface area (Å²) in [5.41, 5.74) is 7.27. The summed E-state index contributed by atoms with van der Waals surface area (Å²) in [6, 6.07) is 5.71. The first-order valence-corrected chi connectivity index (χ1v) is 6.85. The molecule has 0 radical (unpaired) electrons. The van der Waals surface area contributed by atoms with Gasteiger partial charge in [-0.05, 0) is 26.0 Å². The molecule has 1 atom stereocenters. The average Bonchev–Trinajstić information content (AvgIpc) is 2.82. The van der Waals surface area contributed by atoms with Crippen LogP contribution >= 0.6 is 0 Å². The Morgan fingerprint density at radius 1 is 1.55 bits per heavy atom. The number of anilines is 1. The third kappa shape index (κ3) is 2.88. The molecule has 5 nitrogen and oxygen atoms in total. The maximum absolute atomic E-state index is 11.9. The Labute approximate surface area is 120 Å². The fourth-order valence-electron chi connectivity index (χ4n) is 2.81. The highest BCUT2D eigenvalue weighted by atomic mass is 16.5. The Bertz CT molecular complexity index is 504. The number of nitrogens with two attached hydrogens (primary N) is 1. The molecule has 1 aliphatic heterocycles. The van der Waals surface area contributed by atoms with Crippen molar-refractivity contribution >= 4 is 11.6 Å². The molecule has 0 spiro atoms. The van der Waals surface area contributed by atoms with Gasteiger partial charge in [-0.2, -0.15) is 0 Å². The van der Waals surface area contributed by atoms with Gasteiger partial charge in [-0.15, -0.1) is 0 Å². The summed E-state index contributed by atoms with van der Waals surface area (Å²) in [5.74, 6) is 0.919. The largest absolute Gasteiger partial charge is 0.496 e. The Morgan fingerprint density at radius 3 is 2.95 bits per heavy atom. The van der Waals surface area contributed by atoms with Crippen LogP contribution in [0.2, 0.25) is 0 Å². The number of hydrogen-bond donors (Lipinski definition) is 2. The topological polar surface area (TPSA) is 67.6 Å². The molecule has 5 heteroatoms. The van der Waals surface area contributed by atoms with E-state index in [0.29, 0.717) is 5.69 Å². The second kappa shape index (κ2) is 5.71. The maximum Gasteiger partial charge on any atom is 0.227 e. The zero-order valence-electron chi connectivity index (χ0n) is 12.4. The predicted octanol–water partition coefficient (Wildman–Crippen LogP) is 1.24. The lowest BCUT2D eigenvalue weighted by Crippen LogP contribution is -2.39. The van der Waals surface area contributed by atoms with Crippen LogP contribution in [-0.4, -0.2) is 38.1 Å². The highest BCUT2D eigenvalue weighted by molar-refractivity contribution is 5.82. The van der Waals surface area contributed by atoms with E-state index in [1.165, 1.54) is 0 Å². The molecule has 1 saturated heterocycles. The minimum Gasteiger partial charge on any atom is -0.496 e. The van der Waals surface area contributed by atoms with Gasteiger partial charge < -0.3 is 15.8 Å². The Morgan fingerprint density at radius 2 is 2.30 bits per heavy atom. The number of ether oxygens (including phenoxy) is 1. The van der Waals surface area contributed by atoms with Gasteiger partial charge in [0, 0.05) is 37.5 Å². The molecule has 20 heavy (non-hydrogen) atoms. The molecule has 1 fully saturated rings. The van der Waals surface area contributed by atoms with Crippen molar-refractivity contribution in [3.63, 3.8) is 0 Å². The molecular formula is C15H23N3O2. The van der Waals surface area contributed by atoms with Crippen LogP contribution < -0.4 is 15.8 Å². The number of nitrogens with zero attached hydrogens (tertiary/aromatic N) is 1. The average molecular weight is 277 g/mol. The number of benzene rings is 1. The van der Waals surface area contributed by atoms with Crippen molar-refractivity contribution in [2.24, 2.45) is 5.41 Å². The molecule has 1 heterocycles. The molecule has 1 aliphatic rings. The molecule has 0 saturated carbocycles. The third-order valence-corrected chi connectivity index (χ3v) is 4.03. The van der Waals surface area contributed by atoms with Crippen molar-refractivity contribution in [1.29, 1.82) is 0 Å². The summed E-state index contributed by atoms with van der Waals surface area (Å²) in [6.07, 6.45) is 0.879. The van der Waals surface area contributed by atoms with Crippen molar-refractivity contribution in [3.05, 3.63) is 23.8 Å². The van der Waals surface area contributed by atoms with Crippen LogP contribution in [0.5, 0.6) is 5.75 Å². The van der Waals surface area contributed by atoms with E-state index < -0.39 is 0 Å². The molecule has 0 bridgehead atoms. The highest BCUT2D eigenvalue weighted by Crippen LogP contribution is 2.32. The van der Waals surface area contributed by atoms with Crippen molar-refractivity contribution in [2.75, 3.05) is 33.0 Å². The Balaban J connectivity index is 2.07. The van der Waals surface area contributed by atoms with Crippen LogP contribution in [0.3, 0.4) is 0 Å². The van der Waals surface area contributed by atoms with E-state index in [1.807, 2.05) is 25.1 Å². The van der Waals surface area contributed by atoms with Gasteiger partial charge in [0.25, 0.3) is 0 Å². The second-order valence-corrected chi connectivity index (χ2v) is 5.67. The Kier molecular flexibility index (Phi) is 4.18. The summed E-state index contributed by atoms with van der Waals surface area (Å²) in [5, 5.41) is 2.76. The van der Waals surface area contributed by atoms with E-state index in [-0.39, 0.29) is 11.3 Å². The molecule has 1 aromatic rings. The van der Waals surface area contributed by atoms with Crippen molar-refractivity contribution in [1.82, 2.24) is 10.2 Å². The molecule has 110 valence electrons. The molecule has 1 aromatic carbocycles. The predicted molar refractivity (Wildman–Crippen MR) is 79.5 cm³/mol. The van der Waals surface area contributed by atoms with Gasteiger partial charge in [-0.25, -0.2) is 0 Å². The van der Waals surface area contributed by atoms with E-state index in [1.54, 1.807) is 14.2 Å². The first-order chi connectivity index (χ1) is 9.48. The number of methoxy groups -OCH3 is 1. The number of nitrogens with one attached hydrogen (secondary N) is 1. The van der Waals surface area contributed by atoms with Gasteiger partial charge in [-0.3, -0.25) is 9.69 Å². The van der Waals surface area contributed by atoms with Crippen LogP contribution in [0.25, 0.3) is 0 Å². The zero-order valence-corrected chi connectivity index (χ0v) is 12.4. The number of likely N-dealkylation sites (tertiary alicyclic amines) is 1. The van der Waals surface area contributed by atoms with Crippen LogP contribution in [0.1, 0.15) is 18.9 Å². The highest BCUT2D eigenvalue weighted by Gasteiger charge is 2.39. The third-order valence-electron chi connectivity index (χ3n) is 4.03. The minimum absolute atomic E-state index is 0.115. The zero-order chi connectivity index (χ0) is 14.8. The van der Waals surface area contributed by atoms with Crippen LogP contribution in [-0.2, 0) is 11.3 Å². The summed E-state index contributed by atoms with van der Waals surface area (Å²) in [7, 11) is 3.34. The maximum atomic E-state index is 11.9. The number of carbonyl (C=O) groups is 1. The SMILES string of the molecule is CNC(=O)C1(C)CCN(Cc2ccc(N)cc2OC)C1. The van der Waals surface area contributed by atoms with E-state index in [2.05, 4.69) is 10.2 Å². The van der Waals surface area contributed by atoms with Gasteiger partial charge in [0.1, 0.15) is 5.75 Å². The first-order valence-electron chi connectivity index (χ1n) is 6.85. The lowest BCUT2D eigenvalue weighted by atomic mass is 9.89. The van der Waals surface area contributed by atoms with Crippen molar-refractivity contribution < 1.29 is 9.53 Å². The van der Waals surface area contributed by atoms with Gasteiger partial charge in [0.15, 0.2) is 0 Å². The standard InChI is InChI=1S/C15H23N3O2/c1-15(14(19)17-2)6-7-18(10-15)9-11-4-5-12(16)8-13(11)20-3/h4-5,8H,6-7,9-10,16H2,1-3H3,(H,17,19). The van der Waals surface area contributed by atoms with E-state index >= 15 is 0 Å². The fraction of sp³-hybridized carbons (Fsp3) is 0.533. The monoisotopic (exact) mass is 277 g/mol. The summed E-state index contributed by atoms with van der Waals surface area (Å²) in [6.45, 7) is 4.47. The van der Waals surface area contributed by atoms with Gasteiger partial charge >= 0.3 is 0 Å². The molecule has 2 rings (SSSR count). The summed E-state index contributed by atoms with van der Waals surface area (Å²) in [4.78, 5) is 14.2. The lowest BCUT2D eigenvalue weighted by Gasteiger charge is -2.23. The Hall–Kier alpha value is -1.75. The van der Waals surface area contributed by atoms with E-state index in [4.69, 9.17) is 10.5 Å². The van der Waals surface area contributed by atoms with Crippen LogP contribution in [0.4, 0.5) is 5.69 Å². The number of rotatable bonds is 4. The summed E-state index contributed by atoms with van der Waals surface area (Å²) >= 11 is 0. The fourth-order valence-corrected chi connectivity index (χ4v) is 2.81. The molecule has 1 amide bonds. The summed E-state index contributed by atoms with van der Waals surface area (Å²) < 4.78 is 5.37.